The Labute approximate surface area is 166 Å². The fraction of sp³-hybridized carbons (Fsp3) is 0.333. The molecule has 4 rings (SSSR count). The van der Waals surface area contributed by atoms with Crippen molar-refractivity contribution in [3.8, 4) is 0 Å². The molecule has 152 valence electrons. The summed E-state index contributed by atoms with van der Waals surface area (Å²) in [5.74, 6) is 0.249. The van der Waals surface area contributed by atoms with Crippen LogP contribution >= 0.6 is 11.3 Å². The van der Waals surface area contributed by atoms with Crippen LogP contribution in [0.4, 0.5) is 29.3 Å². The van der Waals surface area contributed by atoms with Crippen LogP contribution in [0, 0.1) is 6.92 Å². The van der Waals surface area contributed by atoms with E-state index in [1.807, 2.05) is 6.92 Å². The molecule has 1 saturated carbocycles. The molecular formula is C18H16F3N5O2S. The summed E-state index contributed by atoms with van der Waals surface area (Å²) >= 11 is 1.45. The van der Waals surface area contributed by atoms with Gasteiger partial charge in [-0.1, -0.05) is 11.3 Å². The number of carbonyl (C=O) groups is 1. The summed E-state index contributed by atoms with van der Waals surface area (Å²) in [6, 6.07) is -0.203. The number of anilines is 2. The van der Waals surface area contributed by atoms with Crippen LogP contribution in [0.25, 0.3) is 10.3 Å². The minimum Gasteiger partial charge on any atom is -0.316 e. The van der Waals surface area contributed by atoms with E-state index in [-0.39, 0.29) is 5.92 Å². The molecule has 2 N–H and O–H groups in total. The first-order valence-electron chi connectivity index (χ1n) is 8.75. The zero-order valence-electron chi connectivity index (χ0n) is 15.4. The topological polar surface area (TPSA) is 88.9 Å². The standard InChI is InChI=1S/C18H16F3N5O2S/c1-8-23-14-13(9-3-4-9)12(6-22-15(14)29-8)25-17(28)24-11-5-10(18(19,20)21)7-26(2)16(11)27/h5-7,9H,3-4H2,1-2H3,(H2,24,25,28). The smallest absolute Gasteiger partial charge is 0.316 e. The number of halogens is 3. The molecule has 3 heterocycles. The van der Waals surface area contributed by atoms with Gasteiger partial charge in [-0.15, -0.1) is 0 Å². The number of amides is 2. The summed E-state index contributed by atoms with van der Waals surface area (Å²) in [6.45, 7) is 1.87. The number of carbonyl (C=O) groups excluding carboxylic acids is 1. The van der Waals surface area contributed by atoms with Gasteiger partial charge in [0.25, 0.3) is 5.56 Å². The Kier molecular flexibility index (Phi) is 4.56. The number of alkyl halides is 3. The number of fused-ring (bicyclic) bond motifs is 1. The summed E-state index contributed by atoms with van der Waals surface area (Å²) in [5.41, 5.74) is -0.221. The van der Waals surface area contributed by atoms with E-state index in [0.29, 0.717) is 18.0 Å². The van der Waals surface area contributed by atoms with Gasteiger partial charge in [-0.3, -0.25) is 4.79 Å². The SMILES string of the molecule is Cc1nc2c(C3CC3)c(NC(=O)Nc3cc(C(F)(F)F)cn(C)c3=O)cnc2s1. The van der Waals surface area contributed by atoms with Crippen molar-refractivity contribution < 1.29 is 18.0 Å². The summed E-state index contributed by atoms with van der Waals surface area (Å²) < 4.78 is 39.8. The fourth-order valence-electron chi connectivity index (χ4n) is 3.12. The van der Waals surface area contributed by atoms with E-state index in [4.69, 9.17) is 0 Å². The number of nitrogens with one attached hydrogen (secondary N) is 2. The Morgan fingerprint density at radius 1 is 1.28 bits per heavy atom. The van der Waals surface area contributed by atoms with Crippen molar-refractivity contribution in [3.63, 3.8) is 0 Å². The average molecular weight is 423 g/mol. The number of hydrogen-bond donors (Lipinski definition) is 2. The zero-order chi connectivity index (χ0) is 20.9. The highest BCUT2D eigenvalue weighted by atomic mass is 32.1. The van der Waals surface area contributed by atoms with Gasteiger partial charge in [-0.25, -0.2) is 14.8 Å². The molecule has 0 spiro atoms. The highest BCUT2D eigenvalue weighted by Gasteiger charge is 2.33. The van der Waals surface area contributed by atoms with Gasteiger partial charge in [0.15, 0.2) is 0 Å². The van der Waals surface area contributed by atoms with Gasteiger partial charge in [0, 0.05) is 18.8 Å². The zero-order valence-corrected chi connectivity index (χ0v) is 16.2. The van der Waals surface area contributed by atoms with E-state index in [1.54, 1.807) is 0 Å². The van der Waals surface area contributed by atoms with Crippen LogP contribution in [-0.4, -0.2) is 20.6 Å². The Balaban J connectivity index is 1.64. The molecule has 3 aromatic rings. The average Bonchev–Trinajstić information content (AvgIpc) is 3.38. The lowest BCUT2D eigenvalue weighted by atomic mass is 10.1. The van der Waals surface area contributed by atoms with Crippen LogP contribution in [0.5, 0.6) is 0 Å². The molecular weight excluding hydrogens is 407 g/mol. The van der Waals surface area contributed by atoms with Crippen LogP contribution < -0.4 is 16.2 Å². The number of aryl methyl sites for hydroxylation is 2. The maximum Gasteiger partial charge on any atom is 0.417 e. The van der Waals surface area contributed by atoms with E-state index < -0.39 is 29.0 Å². The van der Waals surface area contributed by atoms with Crippen LogP contribution in [0.1, 0.15) is 34.9 Å². The summed E-state index contributed by atoms with van der Waals surface area (Å²) in [6.07, 6.45) is -0.536. The number of rotatable bonds is 3. The second kappa shape index (κ2) is 6.83. The Bertz CT molecular complexity index is 1180. The molecule has 0 bridgehead atoms. The molecule has 1 aliphatic carbocycles. The lowest BCUT2D eigenvalue weighted by Gasteiger charge is -2.14. The monoisotopic (exact) mass is 423 g/mol. The van der Waals surface area contributed by atoms with Crippen molar-refractivity contribution in [1.82, 2.24) is 14.5 Å². The number of pyridine rings is 2. The van der Waals surface area contributed by atoms with E-state index in [9.17, 15) is 22.8 Å². The summed E-state index contributed by atoms with van der Waals surface area (Å²) in [4.78, 5) is 34.1. The van der Waals surface area contributed by atoms with Crippen molar-refractivity contribution >= 4 is 39.1 Å². The number of hydrogen-bond acceptors (Lipinski definition) is 5. The van der Waals surface area contributed by atoms with Crippen LogP contribution in [0.15, 0.2) is 23.3 Å². The molecule has 0 unspecified atom stereocenters. The van der Waals surface area contributed by atoms with E-state index in [1.165, 1.54) is 24.6 Å². The number of aromatic nitrogens is 3. The maximum atomic E-state index is 13.0. The van der Waals surface area contributed by atoms with Gasteiger partial charge >= 0.3 is 12.2 Å². The predicted octanol–water partition coefficient (Wildman–Crippen LogP) is 4.24. The van der Waals surface area contributed by atoms with Crippen molar-refractivity contribution in [2.24, 2.45) is 7.05 Å². The lowest BCUT2D eigenvalue weighted by Crippen LogP contribution is -2.28. The quantitative estimate of drug-likeness (QED) is 0.660. The lowest BCUT2D eigenvalue weighted by molar-refractivity contribution is -0.138. The van der Waals surface area contributed by atoms with Crippen molar-refractivity contribution in [2.45, 2.75) is 31.9 Å². The highest BCUT2D eigenvalue weighted by molar-refractivity contribution is 7.18. The second-order valence-electron chi connectivity index (χ2n) is 6.88. The van der Waals surface area contributed by atoms with E-state index in [0.717, 1.165) is 38.3 Å². The minimum absolute atomic E-state index is 0.249. The number of thiazole rings is 1. The third-order valence-electron chi connectivity index (χ3n) is 4.57. The molecule has 1 aliphatic rings. The summed E-state index contributed by atoms with van der Waals surface area (Å²) in [5, 5.41) is 5.68. The van der Waals surface area contributed by atoms with Crippen molar-refractivity contribution in [2.75, 3.05) is 10.6 Å². The molecule has 7 nitrogen and oxygen atoms in total. The first-order chi connectivity index (χ1) is 13.6. The van der Waals surface area contributed by atoms with Gasteiger partial charge < -0.3 is 15.2 Å². The van der Waals surface area contributed by atoms with Gasteiger partial charge in [0.2, 0.25) is 0 Å². The van der Waals surface area contributed by atoms with Crippen molar-refractivity contribution in [3.05, 3.63) is 44.9 Å². The Hall–Kier alpha value is -2.95. The normalized spacial score (nSPS) is 14.2. The van der Waals surface area contributed by atoms with Gasteiger partial charge in [-0.05, 0) is 31.7 Å². The van der Waals surface area contributed by atoms with Crippen molar-refractivity contribution in [1.29, 1.82) is 0 Å². The van der Waals surface area contributed by atoms with Crippen LogP contribution in [0.2, 0.25) is 0 Å². The molecule has 0 radical (unpaired) electrons. The molecule has 0 atom stereocenters. The first-order valence-corrected chi connectivity index (χ1v) is 9.57. The molecule has 0 aromatic carbocycles. The minimum atomic E-state index is -4.64. The van der Waals surface area contributed by atoms with Crippen LogP contribution in [0.3, 0.4) is 0 Å². The summed E-state index contributed by atoms with van der Waals surface area (Å²) in [7, 11) is 1.19. The predicted molar refractivity (Wildman–Crippen MR) is 103 cm³/mol. The number of nitrogens with zero attached hydrogens (tertiary/aromatic N) is 3. The third-order valence-corrected chi connectivity index (χ3v) is 5.44. The molecule has 3 aromatic heterocycles. The van der Waals surface area contributed by atoms with Crippen LogP contribution in [-0.2, 0) is 13.2 Å². The Morgan fingerprint density at radius 3 is 2.62 bits per heavy atom. The molecule has 0 aliphatic heterocycles. The second-order valence-corrected chi connectivity index (χ2v) is 8.06. The fourth-order valence-corrected chi connectivity index (χ4v) is 3.89. The van der Waals surface area contributed by atoms with E-state index in [2.05, 4.69) is 20.6 Å². The Morgan fingerprint density at radius 2 is 1.97 bits per heavy atom. The molecule has 0 saturated heterocycles. The molecule has 11 heteroatoms. The first kappa shape index (κ1) is 19.4. The molecule has 1 fully saturated rings. The highest BCUT2D eigenvalue weighted by Crippen LogP contribution is 2.46. The largest absolute Gasteiger partial charge is 0.417 e. The number of urea groups is 1. The maximum absolute atomic E-state index is 13.0. The molecule has 29 heavy (non-hydrogen) atoms. The third kappa shape index (κ3) is 3.82. The van der Waals surface area contributed by atoms with Gasteiger partial charge in [-0.2, -0.15) is 13.2 Å². The van der Waals surface area contributed by atoms with Gasteiger partial charge in [0.1, 0.15) is 16.0 Å². The van der Waals surface area contributed by atoms with E-state index >= 15 is 0 Å². The van der Waals surface area contributed by atoms with Gasteiger partial charge in [0.05, 0.1) is 22.5 Å². The molecule has 2 amide bonds.